The Bertz CT molecular complexity index is 1030. The lowest BCUT2D eigenvalue weighted by Gasteiger charge is -2.13. The summed E-state index contributed by atoms with van der Waals surface area (Å²) in [4.78, 5) is 24.4. The van der Waals surface area contributed by atoms with Crippen molar-refractivity contribution in [2.45, 2.75) is 0 Å². The highest BCUT2D eigenvalue weighted by Crippen LogP contribution is 2.32. The fourth-order valence-electron chi connectivity index (χ4n) is 2.72. The maximum absolute atomic E-state index is 12.8. The van der Waals surface area contributed by atoms with Gasteiger partial charge in [-0.2, -0.15) is 0 Å². The van der Waals surface area contributed by atoms with Gasteiger partial charge in [-0.15, -0.1) is 0 Å². The Balaban J connectivity index is 2.13. The first-order chi connectivity index (χ1) is 12.4. The molecule has 0 unspecified atom stereocenters. The highest BCUT2D eigenvalue weighted by Gasteiger charge is 2.24. The number of amides is 1. The molecule has 1 amide bonds. The van der Waals surface area contributed by atoms with Crippen molar-refractivity contribution in [2.75, 3.05) is 12.4 Å². The molecule has 0 aliphatic carbocycles. The number of rotatable bonds is 4. The molecule has 0 aliphatic rings. The number of fused-ring (bicyclic) bond motifs is 1. The summed E-state index contributed by atoms with van der Waals surface area (Å²) in [6.07, 6.45) is 0. The van der Waals surface area contributed by atoms with E-state index in [0.29, 0.717) is 27.2 Å². The standard InChI is InChI=1S/C19H14ClNO5/c1-26-15-9-11(6-7-13(15)20)21-18(23)16-12-5-3-2-4-10(12)8-14(22)17(16)19(24)25/h2-9,22H,1H3,(H,21,23)(H,24,25). The number of nitrogens with one attached hydrogen (secondary N) is 1. The minimum atomic E-state index is -1.40. The van der Waals surface area contributed by atoms with Crippen LogP contribution < -0.4 is 10.1 Å². The van der Waals surface area contributed by atoms with E-state index < -0.39 is 23.2 Å². The first kappa shape index (κ1) is 17.6. The van der Waals surface area contributed by atoms with E-state index in [0.717, 1.165) is 0 Å². The fourth-order valence-corrected chi connectivity index (χ4v) is 2.91. The van der Waals surface area contributed by atoms with E-state index in [4.69, 9.17) is 16.3 Å². The molecule has 0 aromatic heterocycles. The molecule has 6 nitrogen and oxygen atoms in total. The predicted octanol–water partition coefficient (Wildman–Crippen LogP) is 4.16. The first-order valence-corrected chi connectivity index (χ1v) is 7.93. The SMILES string of the molecule is COc1cc(NC(=O)c2c(C(=O)O)c(O)cc3ccccc23)ccc1Cl. The number of aromatic hydroxyl groups is 1. The number of aromatic carboxylic acids is 1. The molecule has 3 rings (SSSR count). The molecule has 0 bridgehead atoms. The van der Waals surface area contributed by atoms with Gasteiger partial charge in [0.25, 0.3) is 5.91 Å². The molecule has 0 saturated carbocycles. The van der Waals surface area contributed by atoms with E-state index in [1.807, 2.05) is 0 Å². The van der Waals surface area contributed by atoms with Crippen LogP contribution >= 0.6 is 11.6 Å². The maximum atomic E-state index is 12.8. The number of benzene rings is 3. The van der Waals surface area contributed by atoms with Gasteiger partial charge in [-0.05, 0) is 29.0 Å². The second-order valence-electron chi connectivity index (χ2n) is 5.48. The van der Waals surface area contributed by atoms with Gasteiger partial charge in [0.1, 0.15) is 17.1 Å². The summed E-state index contributed by atoms with van der Waals surface area (Å²) in [5.41, 5.74) is -0.204. The molecule has 3 aromatic carbocycles. The number of carbonyl (C=O) groups excluding carboxylic acids is 1. The molecular weight excluding hydrogens is 358 g/mol. The van der Waals surface area contributed by atoms with Crippen LogP contribution in [0.3, 0.4) is 0 Å². The van der Waals surface area contributed by atoms with E-state index in [1.165, 1.54) is 19.2 Å². The molecule has 0 fully saturated rings. The lowest BCUT2D eigenvalue weighted by atomic mass is 9.97. The monoisotopic (exact) mass is 371 g/mol. The third kappa shape index (κ3) is 3.14. The van der Waals surface area contributed by atoms with Crippen molar-refractivity contribution in [3.05, 3.63) is 64.7 Å². The lowest BCUT2D eigenvalue weighted by Crippen LogP contribution is -2.17. The lowest BCUT2D eigenvalue weighted by molar-refractivity contribution is 0.0689. The fraction of sp³-hybridized carbons (Fsp3) is 0.0526. The van der Waals surface area contributed by atoms with Crippen LogP contribution in [-0.2, 0) is 0 Å². The van der Waals surface area contributed by atoms with Gasteiger partial charge in [-0.1, -0.05) is 35.9 Å². The van der Waals surface area contributed by atoms with Crippen LogP contribution in [0.1, 0.15) is 20.7 Å². The molecule has 0 aliphatic heterocycles. The summed E-state index contributed by atoms with van der Waals surface area (Å²) in [5.74, 6) is -2.18. The molecule has 0 radical (unpaired) electrons. The van der Waals surface area contributed by atoms with Gasteiger partial charge in [0.2, 0.25) is 0 Å². The Hall–Kier alpha value is -3.25. The highest BCUT2D eigenvalue weighted by molar-refractivity contribution is 6.32. The molecule has 3 N–H and O–H groups in total. The van der Waals surface area contributed by atoms with Gasteiger partial charge in [-0.3, -0.25) is 4.79 Å². The van der Waals surface area contributed by atoms with Crippen LogP contribution in [0.15, 0.2) is 48.5 Å². The molecule has 0 saturated heterocycles. The number of carboxylic acid groups (broad SMARTS) is 1. The summed E-state index contributed by atoms with van der Waals surface area (Å²) in [7, 11) is 1.44. The molecule has 132 valence electrons. The van der Waals surface area contributed by atoms with Crippen LogP contribution in [0.2, 0.25) is 5.02 Å². The highest BCUT2D eigenvalue weighted by atomic mass is 35.5. The summed E-state index contributed by atoms with van der Waals surface area (Å²) in [5, 5.41) is 23.5. The average Bonchev–Trinajstić information content (AvgIpc) is 2.61. The Labute approximate surface area is 153 Å². The molecule has 0 spiro atoms. The van der Waals surface area contributed by atoms with Crippen LogP contribution in [0.25, 0.3) is 10.8 Å². The third-order valence-electron chi connectivity index (χ3n) is 3.88. The van der Waals surface area contributed by atoms with Crippen molar-refractivity contribution in [2.24, 2.45) is 0 Å². The van der Waals surface area contributed by atoms with E-state index in [2.05, 4.69) is 5.32 Å². The Kier molecular flexibility index (Phi) is 4.69. The van der Waals surface area contributed by atoms with E-state index in [-0.39, 0.29) is 5.56 Å². The van der Waals surface area contributed by atoms with Crippen molar-refractivity contribution >= 4 is 39.9 Å². The van der Waals surface area contributed by atoms with Crippen LogP contribution in [0, 0.1) is 0 Å². The van der Waals surface area contributed by atoms with Gasteiger partial charge in [0.15, 0.2) is 0 Å². The second-order valence-corrected chi connectivity index (χ2v) is 5.88. The van der Waals surface area contributed by atoms with Gasteiger partial charge >= 0.3 is 5.97 Å². The summed E-state index contributed by atoms with van der Waals surface area (Å²) < 4.78 is 5.11. The minimum absolute atomic E-state index is 0.123. The number of hydrogen-bond acceptors (Lipinski definition) is 4. The van der Waals surface area contributed by atoms with Crippen molar-refractivity contribution in [1.29, 1.82) is 0 Å². The number of hydrogen-bond donors (Lipinski definition) is 3. The van der Waals surface area contributed by atoms with Gasteiger partial charge in [0, 0.05) is 11.8 Å². The minimum Gasteiger partial charge on any atom is -0.507 e. The summed E-state index contributed by atoms with van der Waals surface area (Å²) in [6.45, 7) is 0. The number of phenols is 1. The zero-order chi connectivity index (χ0) is 18.8. The smallest absolute Gasteiger partial charge is 0.340 e. The first-order valence-electron chi connectivity index (χ1n) is 7.55. The summed E-state index contributed by atoms with van der Waals surface area (Å²) in [6, 6.07) is 12.7. The predicted molar refractivity (Wildman–Crippen MR) is 98.5 cm³/mol. The van der Waals surface area contributed by atoms with Crippen LogP contribution in [0.5, 0.6) is 11.5 Å². The van der Waals surface area contributed by atoms with Crippen molar-refractivity contribution in [3.8, 4) is 11.5 Å². The average molecular weight is 372 g/mol. The number of carboxylic acids is 1. The van der Waals surface area contributed by atoms with Gasteiger partial charge in [0.05, 0.1) is 17.7 Å². The molecule has 0 heterocycles. The Morgan fingerprint density at radius 3 is 2.50 bits per heavy atom. The normalized spacial score (nSPS) is 10.5. The second kappa shape index (κ2) is 6.93. The Morgan fingerprint density at radius 1 is 1.08 bits per heavy atom. The number of carbonyl (C=O) groups is 2. The van der Waals surface area contributed by atoms with Crippen LogP contribution in [-0.4, -0.2) is 29.2 Å². The van der Waals surface area contributed by atoms with Gasteiger partial charge in [-0.25, -0.2) is 4.79 Å². The molecule has 0 atom stereocenters. The quantitative estimate of drug-likeness (QED) is 0.640. The molecule has 7 heteroatoms. The maximum Gasteiger partial charge on any atom is 0.340 e. The van der Waals surface area contributed by atoms with E-state index in [1.54, 1.807) is 36.4 Å². The van der Waals surface area contributed by atoms with Crippen molar-refractivity contribution in [1.82, 2.24) is 0 Å². The van der Waals surface area contributed by atoms with Crippen molar-refractivity contribution in [3.63, 3.8) is 0 Å². The zero-order valence-electron chi connectivity index (χ0n) is 13.6. The number of methoxy groups -OCH3 is 1. The van der Waals surface area contributed by atoms with Gasteiger partial charge < -0.3 is 20.3 Å². The number of ether oxygens (including phenoxy) is 1. The van der Waals surface area contributed by atoms with E-state index >= 15 is 0 Å². The number of halogens is 1. The largest absolute Gasteiger partial charge is 0.507 e. The zero-order valence-corrected chi connectivity index (χ0v) is 14.4. The summed E-state index contributed by atoms with van der Waals surface area (Å²) >= 11 is 5.97. The molecule has 26 heavy (non-hydrogen) atoms. The molecule has 3 aromatic rings. The topological polar surface area (TPSA) is 95.9 Å². The van der Waals surface area contributed by atoms with Crippen molar-refractivity contribution < 1.29 is 24.5 Å². The third-order valence-corrected chi connectivity index (χ3v) is 4.19. The van der Waals surface area contributed by atoms with Crippen LogP contribution in [0.4, 0.5) is 5.69 Å². The van der Waals surface area contributed by atoms with E-state index in [9.17, 15) is 19.8 Å². The Morgan fingerprint density at radius 2 is 1.81 bits per heavy atom. The molecular formula is C19H14ClNO5. The number of anilines is 1.